The fourth-order valence-corrected chi connectivity index (χ4v) is 2.50. The third-order valence-electron chi connectivity index (χ3n) is 3.54. The zero-order valence-electron chi connectivity index (χ0n) is 10.7. The molecular formula is C17H17NO. The largest absolute Gasteiger partial charge is 0.388 e. The maximum atomic E-state index is 10.4. The number of H-pyrrole nitrogens is 1. The molecule has 0 aliphatic carbocycles. The van der Waals surface area contributed by atoms with Gasteiger partial charge in [0.15, 0.2) is 0 Å². The van der Waals surface area contributed by atoms with Crippen molar-refractivity contribution in [1.29, 1.82) is 0 Å². The highest BCUT2D eigenvalue weighted by Gasteiger charge is 2.11. The van der Waals surface area contributed by atoms with Crippen LogP contribution in [0, 0.1) is 0 Å². The van der Waals surface area contributed by atoms with Gasteiger partial charge in [-0.15, -0.1) is 0 Å². The Bertz CT molecular complexity index is 657. The molecular weight excluding hydrogens is 234 g/mol. The van der Waals surface area contributed by atoms with Gasteiger partial charge < -0.3 is 10.1 Å². The number of nitrogens with one attached hydrogen (secondary N) is 1. The van der Waals surface area contributed by atoms with Crippen LogP contribution >= 0.6 is 0 Å². The highest BCUT2D eigenvalue weighted by atomic mass is 16.3. The summed E-state index contributed by atoms with van der Waals surface area (Å²) in [5.74, 6) is 0. The summed E-state index contributed by atoms with van der Waals surface area (Å²) >= 11 is 0. The second kappa shape index (κ2) is 5.29. The zero-order chi connectivity index (χ0) is 13.1. The average Bonchev–Trinajstić information content (AvgIpc) is 2.94. The first-order valence-electron chi connectivity index (χ1n) is 6.62. The highest BCUT2D eigenvalue weighted by molar-refractivity contribution is 5.83. The number of aryl methyl sites for hydroxylation is 1. The molecule has 19 heavy (non-hydrogen) atoms. The number of aromatic nitrogens is 1. The molecule has 0 bridgehead atoms. The quantitative estimate of drug-likeness (QED) is 0.726. The number of aliphatic hydroxyl groups excluding tert-OH is 1. The summed E-state index contributed by atoms with van der Waals surface area (Å²) in [6.45, 7) is 0. The van der Waals surface area contributed by atoms with Gasteiger partial charge in [0.2, 0.25) is 0 Å². The Labute approximate surface area is 112 Å². The second-order valence-corrected chi connectivity index (χ2v) is 4.83. The number of hydrogen-bond acceptors (Lipinski definition) is 1. The van der Waals surface area contributed by atoms with Gasteiger partial charge in [-0.2, -0.15) is 0 Å². The van der Waals surface area contributed by atoms with Crippen LogP contribution in [0.25, 0.3) is 10.9 Å². The predicted molar refractivity (Wildman–Crippen MR) is 78.0 cm³/mol. The molecule has 0 aliphatic heterocycles. The van der Waals surface area contributed by atoms with Crippen LogP contribution in [0.1, 0.15) is 23.7 Å². The zero-order valence-corrected chi connectivity index (χ0v) is 10.7. The van der Waals surface area contributed by atoms with Gasteiger partial charge in [0.05, 0.1) is 6.10 Å². The van der Waals surface area contributed by atoms with Gasteiger partial charge in [0.25, 0.3) is 0 Å². The van der Waals surface area contributed by atoms with Crippen LogP contribution < -0.4 is 0 Å². The summed E-state index contributed by atoms with van der Waals surface area (Å²) in [6.07, 6.45) is 3.13. The number of hydrogen-bond donors (Lipinski definition) is 2. The predicted octanol–water partition coefficient (Wildman–Crippen LogP) is 3.83. The van der Waals surface area contributed by atoms with Crippen molar-refractivity contribution in [2.45, 2.75) is 18.9 Å². The number of rotatable bonds is 4. The standard InChI is InChI=1S/C17H17NO/c19-17(10-9-13-5-2-1-3-6-13)15-7-4-8-16-14(15)11-12-18-16/h1-8,11-12,17-19H,9-10H2. The Kier molecular flexibility index (Phi) is 3.34. The van der Waals surface area contributed by atoms with E-state index in [1.165, 1.54) is 5.56 Å². The van der Waals surface area contributed by atoms with Crippen molar-refractivity contribution in [3.8, 4) is 0 Å². The third-order valence-corrected chi connectivity index (χ3v) is 3.54. The van der Waals surface area contributed by atoms with E-state index in [1.807, 2.05) is 48.7 Å². The van der Waals surface area contributed by atoms with Crippen LogP contribution in [0.15, 0.2) is 60.8 Å². The monoisotopic (exact) mass is 251 g/mol. The Balaban J connectivity index is 1.77. The van der Waals surface area contributed by atoms with Gasteiger partial charge in [-0.05, 0) is 36.1 Å². The summed E-state index contributed by atoms with van der Waals surface area (Å²) in [6, 6.07) is 18.3. The van der Waals surface area contributed by atoms with Gasteiger partial charge in [-0.1, -0.05) is 42.5 Å². The summed E-state index contributed by atoms with van der Waals surface area (Å²) in [4.78, 5) is 3.18. The molecule has 0 aliphatic rings. The molecule has 0 spiro atoms. The molecule has 2 heteroatoms. The molecule has 1 unspecified atom stereocenters. The molecule has 0 saturated heterocycles. The molecule has 2 N–H and O–H groups in total. The van der Waals surface area contributed by atoms with Crippen LogP contribution in [0.2, 0.25) is 0 Å². The van der Waals surface area contributed by atoms with E-state index < -0.39 is 6.10 Å². The first kappa shape index (κ1) is 12.0. The Morgan fingerprint density at radius 2 is 1.79 bits per heavy atom. The van der Waals surface area contributed by atoms with E-state index in [9.17, 15) is 5.11 Å². The molecule has 0 saturated carbocycles. The van der Waals surface area contributed by atoms with E-state index in [-0.39, 0.29) is 0 Å². The molecule has 1 heterocycles. The topological polar surface area (TPSA) is 36.0 Å². The van der Waals surface area contributed by atoms with E-state index in [0.29, 0.717) is 0 Å². The maximum Gasteiger partial charge on any atom is 0.0799 e. The smallest absolute Gasteiger partial charge is 0.0799 e. The van der Waals surface area contributed by atoms with Crippen molar-refractivity contribution in [2.75, 3.05) is 0 Å². The van der Waals surface area contributed by atoms with E-state index in [1.54, 1.807) is 0 Å². The number of aliphatic hydroxyl groups is 1. The minimum Gasteiger partial charge on any atom is -0.388 e. The van der Waals surface area contributed by atoms with Crippen LogP contribution in [0.3, 0.4) is 0 Å². The van der Waals surface area contributed by atoms with Crippen LogP contribution in [-0.4, -0.2) is 10.1 Å². The lowest BCUT2D eigenvalue weighted by atomic mass is 9.99. The Morgan fingerprint density at radius 1 is 0.947 bits per heavy atom. The molecule has 96 valence electrons. The maximum absolute atomic E-state index is 10.4. The number of fused-ring (bicyclic) bond motifs is 1. The number of aromatic amines is 1. The first-order chi connectivity index (χ1) is 9.34. The highest BCUT2D eigenvalue weighted by Crippen LogP contribution is 2.26. The summed E-state index contributed by atoms with van der Waals surface area (Å²) in [5.41, 5.74) is 3.36. The fraction of sp³-hybridized carbons (Fsp3) is 0.176. The lowest BCUT2D eigenvalue weighted by molar-refractivity contribution is 0.169. The second-order valence-electron chi connectivity index (χ2n) is 4.83. The fourth-order valence-electron chi connectivity index (χ4n) is 2.50. The lowest BCUT2D eigenvalue weighted by Gasteiger charge is -2.12. The van der Waals surface area contributed by atoms with Crippen molar-refractivity contribution >= 4 is 10.9 Å². The first-order valence-corrected chi connectivity index (χ1v) is 6.62. The molecule has 1 atom stereocenters. The van der Waals surface area contributed by atoms with E-state index >= 15 is 0 Å². The summed E-state index contributed by atoms with van der Waals surface area (Å²) in [7, 11) is 0. The van der Waals surface area contributed by atoms with E-state index in [4.69, 9.17) is 0 Å². The molecule has 0 radical (unpaired) electrons. The molecule has 1 aromatic heterocycles. The lowest BCUT2D eigenvalue weighted by Crippen LogP contribution is -2.00. The molecule has 0 fully saturated rings. The normalized spacial score (nSPS) is 12.7. The van der Waals surface area contributed by atoms with E-state index in [2.05, 4.69) is 17.1 Å². The molecule has 0 amide bonds. The summed E-state index contributed by atoms with van der Waals surface area (Å²) in [5, 5.41) is 11.5. The van der Waals surface area contributed by atoms with Crippen molar-refractivity contribution in [3.63, 3.8) is 0 Å². The van der Waals surface area contributed by atoms with Gasteiger partial charge in [-0.3, -0.25) is 0 Å². The molecule has 3 aromatic rings. The minimum absolute atomic E-state index is 0.417. The average molecular weight is 251 g/mol. The molecule has 2 nitrogen and oxygen atoms in total. The SMILES string of the molecule is OC(CCc1ccccc1)c1cccc2[nH]ccc12. The van der Waals surface area contributed by atoms with E-state index in [0.717, 1.165) is 29.3 Å². The Morgan fingerprint density at radius 3 is 2.63 bits per heavy atom. The Hall–Kier alpha value is -2.06. The van der Waals surface area contributed by atoms with Crippen LogP contribution in [0.5, 0.6) is 0 Å². The van der Waals surface area contributed by atoms with Gasteiger partial charge in [-0.25, -0.2) is 0 Å². The molecule has 3 rings (SSSR count). The van der Waals surface area contributed by atoms with Crippen molar-refractivity contribution in [2.24, 2.45) is 0 Å². The third kappa shape index (κ3) is 2.54. The van der Waals surface area contributed by atoms with Gasteiger partial charge in [0, 0.05) is 17.1 Å². The van der Waals surface area contributed by atoms with Crippen LogP contribution in [0.4, 0.5) is 0 Å². The van der Waals surface area contributed by atoms with Crippen molar-refractivity contribution in [3.05, 3.63) is 71.9 Å². The molecule has 2 aromatic carbocycles. The minimum atomic E-state index is -0.417. The summed E-state index contributed by atoms with van der Waals surface area (Å²) < 4.78 is 0. The van der Waals surface area contributed by atoms with Crippen molar-refractivity contribution < 1.29 is 5.11 Å². The van der Waals surface area contributed by atoms with Gasteiger partial charge in [0.1, 0.15) is 0 Å². The van der Waals surface area contributed by atoms with Crippen molar-refractivity contribution in [1.82, 2.24) is 4.98 Å². The van der Waals surface area contributed by atoms with Crippen LogP contribution in [-0.2, 0) is 6.42 Å². The van der Waals surface area contributed by atoms with Gasteiger partial charge >= 0.3 is 0 Å². The number of benzene rings is 2.